The zero-order valence-electron chi connectivity index (χ0n) is 78.2. The number of fused-ring (bicyclic) bond motifs is 22. The van der Waals surface area contributed by atoms with Gasteiger partial charge in [-0.05, 0) is 277 Å². The predicted octanol–water partition coefficient (Wildman–Crippen LogP) is 34.3. The highest BCUT2D eigenvalue weighted by Crippen LogP contribution is 2.61. The van der Waals surface area contributed by atoms with E-state index in [0.29, 0.717) is 0 Å². The van der Waals surface area contributed by atoms with E-state index in [2.05, 4.69) is 505 Å². The summed E-state index contributed by atoms with van der Waals surface area (Å²) < 4.78 is 5.12. The zero-order chi connectivity index (χ0) is 90.2. The third-order valence-corrected chi connectivity index (χ3v) is 31.3. The first-order chi connectivity index (χ1) is 63.6. The predicted molar refractivity (Wildman–Crippen MR) is 556 cm³/mol. The minimum Gasteiger partial charge on any atom is -0.311 e. The van der Waals surface area contributed by atoms with Gasteiger partial charge in [0.05, 0.1) is 22.4 Å². The van der Waals surface area contributed by atoms with Crippen LogP contribution in [0, 0.1) is 0 Å². The number of nitrogens with zero attached hydrogens (tertiary/aromatic N) is 4. The molecular weight excluding hydrogens is 1590 g/mol. The fourth-order valence-corrected chi connectivity index (χ4v) is 24.4. The van der Waals surface area contributed by atoms with Crippen molar-refractivity contribution in [1.29, 1.82) is 0 Å². The van der Waals surface area contributed by atoms with Crippen molar-refractivity contribution in [2.75, 3.05) is 9.80 Å². The topological polar surface area (TPSA) is 16.3 Å². The summed E-state index contributed by atoms with van der Waals surface area (Å²) in [5.74, 6) is 0. The van der Waals surface area contributed by atoms with Crippen LogP contribution in [0.2, 0.25) is 0 Å². The molecule has 0 radical (unpaired) electrons. The molecule has 0 saturated carbocycles. The van der Waals surface area contributed by atoms with Crippen molar-refractivity contribution in [3.05, 3.63) is 455 Å². The Kier molecular flexibility index (Phi) is 17.7. The molecule has 4 nitrogen and oxygen atoms in total. The third kappa shape index (κ3) is 12.0. The molecule has 0 N–H and O–H groups in total. The second kappa shape index (κ2) is 29.0. The summed E-state index contributed by atoms with van der Waals surface area (Å²) in [5, 5.41) is 2.62. The van der Waals surface area contributed by atoms with E-state index in [1.807, 2.05) is 0 Å². The Morgan fingerprint density at radius 1 is 0.197 bits per heavy atom. The molecular formula is C128H108N4. The molecule has 2 heterocycles. The summed E-state index contributed by atoms with van der Waals surface area (Å²) in [5.41, 5.74) is 52.4. The van der Waals surface area contributed by atoms with Crippen LogP contribution in [0.3, 0.4) is 0 Å². The quantitative estimate of drug-likeness (QED) is 0.128. The Hall–Kier alpha value is -14.6. The van der Waals surface area contributed by atoms with Crippen LogP contribution in [0.1, 0.15) is 176 Å². The maximum Gasteiger partial charge on any atom is 0.0585 e. The average Bonchev–Trinajstić information content (AvgIpc) is 1.53. The van der Waals surface area contributed by atoms with E-state index in [9.17, 15) is 0 Å². The highest BCUT2D eigenvalue weighted by atomic mass is 15.1. The van der Waals surface area contributed by atoms with Crippen molar-refractivity contribution in [3.8, 4) is 112 Å². The average molecular weight is 1700 g/mol. The van der Waals surface area contributed by atoms with Crippen molar-refractivity contribution in [3.63, 3.8) is 0 Å². The SMILES string of the molecule is CC(C)(C)c1ccc(N(c2ccc(-c3ccccc3)cc2)c2ccc(-c3ccc4c(c3)c3c(n4-c4ccc5c(c4)C(C)(C)c4ccccc4-5)-c4ccccc4C3(C)C)cc2)cc1.CC1(C)c2ccccc2-c2ccc(N(c3ccc(-c4ccc5c(c4)c4c(n5-c5ccc6c(c5)C(C)(C)c5ccccc5-6)-c5ccccc5C4(C)C)cc3)c3ccc4c(c3)C(C)(C)c3ccccc3-4)cc21. The molecule has 132 heavy (non-hydrogen) atoms. The van der Waals surface area contributed by atoms with Crippen molar-refractivity contribution in [2.24, 2.45) is 0 Å². The van der Waals surface area contributed by atoms with Gasteiger partial charge in [0.1, 0.15) is 0 Å². The second-order valence-electron chi connectivity index (χ2n) is 42.0. The van der Waals surface area contributed by atoms with Gasteiger partial charge in [0.2, 0.25) is 0 Å². The molecule has 0 amide bonds. The fourth-order valence-electron chi connectivity index (χ4n) is 24.4. The van der Waals surface area contributed by atoms with Crippen molar-refractivity contribution < 1.29 is 0 Å². The normalized spacial score (nSPS) is 15.3. The molecule has 19 aromatic rings. The highest BCUT2D eigenvalue weighted by molar-refractivity contribution is 6.04. The first-order valence-electron chi connectivity index (χ1n) is 47.3. The van der Waals surface area contributed by atoms with Crippen LogP contribution in [-0.2, 0) is 37.9 Å². The molecule has 640 valence electrons. The van der Waals surface area contributed by atoms with Crippen molar-refractivity contribution >= 4 is 55.9 Å². The Morgan fingerprint density at radius 3 is 0.788 bits per heavy atom. The molecule has 0 aliphatic heterocycles. The van der Waals surface area contributed by atoms with E-state index in [0.717, 1.165) is 22.7 Å². The van der Waals surface area contributed by atoms with Crippen LogP contribution in [0.5, 0.6) is 0 Å². The van der Waals surface area contributed by atoms with Crippen LogP contribution in [0.15, 0.2) is 382 Å². The number of aromatic nitrogens is 2. The Labute approximate surface area is 777 Å². The van der Waals surface area contributed by atoms with Gasteiger partial charge in [-0.25, -0.2) is 0 Å². The maximum atomic E-state index is 2.56. The number of benzene rings is 17. The molecule has 25 rings (SSSR count). The standard InChI is InChI=1S/C68H56N2.C60H52N2/c1-65(2)55-21-13-9-17-47(55)50-33-30-44(38-59(50)65)69(45-31-34-51-48-18-10-14-22-56(48)66(3,4)60(51)39-45)43-28-25-41(26-29-43)42-27-36-62-54(37-42)63-64(53-20-12-16-24-58(53)68(63,7)8)70(62)46-32-35-52-49-19-11-15-23-57(49)67(5,6)61(52)40-46;1-58(2,3)43-26-32-46(33-27-43)61(44-28-21-40(22-29-44)39-15-9-8-10-16-39)45-30-23-41(24-31-45)42-25-36-55-51(37-42)56-57(50-18-12-14-20-53(50)60(56,6)7)62(55)47-34-35-49-48-17-11-13-19-52(48)59(4,5)54(49)38-47/h9-40H,1-8H3;8-38H,1-7H3. The molecule has 0 spiro atoms. The van der Waals surface area contributed by atoms with Gasteiger partial charge in [0.25, 0.3) is 0 Å². The molecule has 17 aromatic carbocycles. The van der Waals surface area contributed by atoms with Crippen LogP contribution in [-0.4, -0.2) is 9.13 Å². The third-order valence-electron chi connectivity index (χ3n) is 31.3. The molecule has 4 heteroatoms. The lowest BCUT2D eigenvalue weighted by Gasteiger charge is -2.30. The Balaban J connectivity index is 0.000000147. The van der Waals surface area contributed by atoms with Crippen LogP contribution in [0.4, 0.5) is 34.1 Å². The van der Waals surface area contributed by atoms with Crippen molar-refractivity contribution in [2.45, 2.75) is 142 Å². The molecule has 0 bridgehead atoms. The summed E-state index contributed by atoms with van der Waals surface area (Å²) in [6.07, 6.45) is 0. The van der Waals surface area contributed by atoms with Gasteiger partial charge in [-0.15, -0.1) is 0 Å². The van der Waals surface area contributed by atoms with E-state index in [4.69, 9.17) is 0 Å². The van der Waals surface area contributed by atoms with E-state index < -0.39 is 0 Å². The largest absolute Gasteiger partial charge is 0.311 e. The highest BCUT2D eigenvalue weighted by Gasteiger charge is 2.46. The Bertz CT molecular complexity index is 7890. The minimum absolute atomic E-state index is 0.0766. The summed E-state index contributed by atoms with van der Waals surface area (Å²) in [6, 6.07) is 144. The lowest BCUT2D eigenvalue weighted by Crippen LogP contribution is -2.18. The van der Waals surface area contributed by atoms with Crippen molar-refractivity contribution in [1.82, 2.24) is 9.13 Å². The molecule has 0 unspecified atom stereocenters. The Morgan fingerprint density at radius 2 is 0.447 bits per heavy atom. The maximum absolute atomic E-state index is 2.56. The van der Waals surface area contributed by atoms with Gasteiger partial charge < -0.3 is 18.9 Å². The summed E-state index contributed by atoms with van der Waals surface area (Å²) in [4.78, 5) is 4.85. The molecule has 0 fully saturated rings. The number of hydrogen-bond donors (Lipinski definition) is 0. The fraction of sp³-hybridized carbons (Fsp3) is 0.172. The van der Waals surface area contributed by atoms with Gasteiger partial charge in [-0.2, -0.15) is 0 Å². The van der Waals surface area contributed by atoms with Gasteiger partial charge in [0, 0.05) is 99.9 Å². The van der Waals surface area contributed by atoms with Gasteiger partial charge in [0.15, 0.2) is 0 Å². The number of anilines is 6. The molecule has 0 atom stereocenters. The molecule has 6 aliphatic carbocycles. The summed E-state index contributed by atoms with van der Waals surface area (Å²) in [6.45, 7) is 35.5. The lowest BCUT2D eigenvalue weighted by molar-refractivity contribution is 0.590. The minimum atomic E-state index is -0.178. The van der Waals surface area contributed by atoms with E-state index >= 15 is 0 Å². The summed E-state index contributed by atoms with van der Waals surface area (Å²) in [7, 11) is 0. The van der Waals surface area contributed by atoms with Gasteiger partial charge in [-0.3, -0.25) is 0 Å². The second-order valence-corrected chi connectivity index (χ2v) is 42.0. The number of hydrogen-bond acceptors (Lipinski definition) is 2. The monoisotopic (exact) mass is 1700 g/mol. The van der Waals surface area contributed by atoms with E-state index in [1.165, 1.54) is 217 Å². The smallest absolute Gasteiger partial charge is 0.0585 e. The van der Waals surface area contributed by atoms with Gasteiger partial charge >= 0.3 is 0 Å². The number of rotatable bonds is 11. The zero-order valence-corrected chi connectivity index (χ0v) is 78.2. The molecule has 0 saturated heterocycles. The van der Waals surface area contributed by atoms with E-state index in [-0.39, 0.29) is 37.9 Å². The van der Waals surface area contributed by atoms with E-state index in [1.54, 1.807) is 0 Å². The first kappa shape index (κ1) is 80.7. The van der Waals surface area contributed by atoms with Crippen LogP contribution >= 0.6 is 0 Å². The molecule has 6 aliphatic rings. The van der Waals surface area contributed by atoms with Gasteiger partial charge in [-0.1, -0.05) is 365 Å². The molecule has 2 aromatic heterocycles. The van der Waals surface area contributed by atoms with Crippen LogP contribution < -0.4 is 9.80 Å². The summed E-state index contributed by atoms with van der Waals surface area (Å²) >= 11 is 0. The first-order valence-corrected chi connectivity index (χ1v) is 47.3. The van der Waals surface area contributed by atoms with Crippen LogP contribution in [0.25, 0.3) is 134 Å². The lowest BCUT2D eigenvalue weighted by atomic mass is 9.81.